The predicted molar refractivity (Wildman–Crippen MR) is 69.9 cm³/mol. The van der Waals surface area contributed by atoms with E-state index >= 15 is 0 Å². The van der Waals surface area contributed by atoms with Crippen molar-refractivity contribution in [2.24, 2.45) is 11.8 Å². The van der Waals surface area contributed by atoms with Crippen molar-refractivity contribution in [3.05, 3.63) is 24.3 Å². The molecule has 0 bridgehead atoms. The summed E-state index contributed by atoms with van der Waals surface area (Å²) < 4.78 is 10.1. The number of carbonyl (C=O) groups excluding carboxylic acids is 2. The zero-order chi connectivity index (χ0) is 14.3. The normalized spacial score (nSPS) is 13.3. The van der Waals surface area contributed by atoms with Crippen LogP contribution in [0.2, 0.25) is 0 Å². The fourth-order valence-electron chi connectivity index (χ4n) is 0.989. The highest BCUT2D eigenvalue weighted by molar-refractivity contribution is 5.87. The highest BCUT2D eigenvalue weighted by atomic mass is 16.5. The van der Waals surface area contributed by atoms with Crippen molar-refractivity contribution in [1.29, 1.82) is 0 Å². The standard InChI is InChI=1S/C14H22O4/c1-9(2)13(15)17-7-11(5)12(6)8-18-14(16)10(3)4/h11-12H,1,3,7-8H2,2,4-6H3. The Morgan fingerprint density at radius 3 is 1.39 bits per heavy atom. The molecule has 0 spiro atoms. The first-order valence-electron chi connectivity index (χ1n) is 5.91. The van der Waals surface area contributed by atoms with E-state index in [0.717, 1.165) is 0 Å². The van der Waals surface area contributed by atoms with Crippen LogP contribution in [0.4, 0.5) is 0 Å². The third-order valence-electron chi connectivity index (χ3n) is 2.62. The van der Waals surface area contributed by atoms with Crippen LogP contribution in [0.5, 0.6) is 0 Å². The molecule has 0 radical (unpaired) electrons. The summed E-state index contributed by atoms with van der Waals surface area (Å²) in [7, 11) is 0. The van der Waals surface area contributed by atoms with Crippen LogP contribution in [0.15, 0.2) is 24.3 Å². The molecule has 0 aromatic heterocycles. The second-order valence-electron chi connectivity index (χ2n) is 4.71. The monoisotopic (exact) mass is 254 g/mol. The molecule has 0 fully saturated rings. The van der Waals surface area contributed by atoms with Crippen LogP contribution in [0.3, 0.4) is 0 Å². The lowest BCUT2D eigenvalue weighted by atomic mass is 9.98. The van der Waals surface area contributed by atoms with Crippen molar-refractivity contribution < 1.29 is 19.1 Å². The zero-order valence-electron chi connectivity index (χ0n) is 11.6. The maximum atomic E-state index is 11.2. The lowest BCUT2D eigenvalue weighted by Crippen LogP contribution is -2.23. The molecule has 0 aliphatic heterocycles. The summed E-state index contributed by atoms with van der Waals surface area (Å²) in [5, 5.41) is 0. The van der Waals surface area contributed by atoms with E-state index in [9.17, 15) is 9.59 Å². The second-order valence-corrected chi connectivity index (χ2v) is 4.71. The molecule has 0 aliphatic carbocycles. The van der Waals surface area contributed by atoms with Crippen LogP contribution < -0.4 is 0 Å². The van der Waals surface area contributed by atoms with Gasteiger partial charge in [0.05, 0.1) is 13.2 Å². The Balaban J connectivity index is 4.00. The first kappa shape index (κ1) is 16.4. The van der Waals surface area contributed by atoms with Crippen molar-refractivity contribution in [2.75, 3.05) is 13.2 Å². The number of esters is 2. The van der Waals surface area contributed by atoms with Gasteiger partial charge in [0.25, 0.3) is 0 Å². The SMILES string of the molecule is C=C(C)C(=O)OCC(C)C(C)COC(=O)C(=C)C. The van der Waals surface area contributed by atoms with E-state index in [2.05, 4.69) is 13.2 Å². The molecule has 0 aromatic carbocycles. The minimum absolute atomic E-state index is 0.103. The van der Waals surface area contributed by atoms with Gasteiger partial charge < -0.3 is 9.47 Å². The quantitative estimate of drug-likeness (QED) is 0.517. The summed E-state index contributed by atoms with van der Waals surface area (Å²) in [5.74, 6) is -0.585. The minimum atomic E-state index is -0.395. The van der Waals surface area contributed by atoms with Crippen LogP contribution in [0.1, 0.15) is 27.7 Å². The predicted octanol–water partition coefficient (Wildman–Crippen LogP) is 2.50. The number of ether oxygens (including phenoxy) is 2. The summed E-state index contributed by atoms with van der Waals surface area (Å²) in [6.07, 6.45) is 0. The highest BCUT2D eigenvalue weighted by Gasteiger charge is 2.17. The average molecular weight is 254 g/mol. The Labute approximate surface area is 109 Å². The van der Waals surface area contributed by atoms with Gasteiger partial charge in [-0.05, 0) is 25.7 Å². The molecule has 0 aromatic rings. The van der Waals surface area contributed by atoms with Crippen molar-refractivity contribution >= 4 is 11.9 Å². The maximum absolute atomic E-state index is 11.2. The third kappa shape index (κ3) is 6.23. The molecule has 0 heterocycles. The molecule has 0 N–H and O–H groups in total. The van der Waals surface area contributed by atoms with E-state index in [1.807, 2.05) is 13.8 Å². The first-order chi connectivity index (χ1) is 8.25. The molecule has 18 heavy (non-hydrogen) atoms. The van der Waals surface area contributed by atoms with Gasteiger partial charge >= 0.3 is 11.9 Å². The molecule has 2 unspecified atom stereocenters. The summed E-state index contributed by atoms with van der Waals surface area (Å²) >= 11 is 0. The summed E-state index contributed by atoms with van der Waals surface area (Å²) in [6.45, 7) is 14.7. The molecular formula is C14H22O4. The Hall–Kier alpha value is -1.58. The largest absolute Gasteiger partial charge is 0.462 e. The Kier molecular flexibility index (Phi) is 7.01. The maximum Gasteiger partial charge on any atom is 0.333 e. The number of hydrogen-bond donors (Lipinski definition) is 0. The summed E-state index contributed by atoms with van der Waals surface area (Å²) in [4.78, 5) is 22.4. The molecule has 0 amide bonds. The summed E-state index contributed by atoms with van der Waals surface area (Å²) in [6, 6.07) is 0. The van der Waals surface area contributed by atoms with E-state index in [0.29, 0.717) is 11.1 Å². The van der Waals surface area contributed by atoms with Gasteiger partial charge in [0.2, 0.25) is 0 Å². The average Bonchev–Trinajstić information content (AvgIpc) is 2.31. The van der Waals surface area contributed by atoms with Crippen LogP contribution >= 0.6 is 0 Å². The van der Waals surface area contributed by atoms with Gasteiger partial charge in [-0.2, -0.15) is 0 Å². The van der Waals surface area contributed by atoms with Crippen LogP contribution in [-0.2, 0) is 19.1 Å². The van der Waals surface area contributed by atoms with Gasteiger partial charge in [0, 0.05) is 11.1 Å². The van der Waals surface area contributed by atoms with Crippen LogP contribution in [0, 0.1) is 11.8 Å². The Morgan fingerprint density at radius 1 is 0.889 bits per heavy atom. The van der Waals surface area contributed by atoms with E-state index < -0.39 is 11.9 Å². The third-order valence-corrected chi connectivity index (χ3v) is 2.62. The first-order valence-corrected chi connectivity index (χ1v) is 5.91. The van der Waals surface area contributed by atoms with Crippen molar-refractivity contribution in [1.82, 2.24) is 0 Å². The van der Waals surface area contributed by atoms with Gasteiger partial charge in [-0.15, -0.1) is 0 Å². The number of hydrogen-bond acceptors (Lipinski definition) is 4. The topological polar surface area (TPSA) is 52.6 Å². The molecule has 2 atom stereocenters. The van der Waals surface area contributed by atoms with Gasteiger partial charge in [-0.3, -0.25) is 0 Å². The molecule has 4 heteroatoms. The minimum Gasteiger partial charge on any atom is -0.462 e. The molecule has 0 saturated heterocycles. The van der Waals surface area contributed by atoms with Crippen molar-refractivity contribution in [3.63, 3.8) is 0 Å². The van der Waals surface area contributed by atoms with Crippen molar-refractivity contribution in [3.8, 4) is 0 Å². The van der Waals surface area contributed by atoms with Crippen molar-refractivity contribution in [2.45, 2.75) is 27.7 Å². The van der Waals surface area contributed by atoms with Gasteiger partial charge in [-0.1, -0.05) is 27.0 Å². The lowest BCUT2D eigenvalue weighted by molar-refractivity contribution is -0.144. The van der Waals surface area contributed by atoms with Gasteiger partial charge in [-0.25, -0.2) is 9.59 Å². The fourth-order valence-corrected chi connectivity index (χ4v) is 0.989. The van der Waals surface area contributed by atoms with E-state index in [-0.39, 0.29) is 25.0 Å². The molecule has 0 rings (SSSR count). The Morgan fingerprint density at radius 2 is 1.17 bits per heavy atom. The zero-order valence-corrected chi connectivity index (χ0v) is 11.6. The van der Waals surface area contributed by atoms with E-state index in [1.165, 1.54) is 0 Å². The second kappa shape index (κ2) is 7.69. The molecule has 0 aliphatic rings. The molecular weight excluding hydrogens is 232 g/mol. The number of rotatable bonds is 7. The van der Waals surface area contributed by atoms with E-state index in [1.54, 1.807) is 13.8 Å². The number of carbonyl (C=O) groups is 2. The molecule has 0 saturated carbocycles. The Bertz CT molecular complexity index is 310. The lowest BCUT2D eigenvalue weighted by Gasteiger charge is -2.19. The van der Waals surface area contributed by atoms with Crippen LogP contribution in [0.25, 0.3) is 0 Å². The fraction of sp³-hybridized carbons (Fsp3) is 0.571. The highest BCUT2D eigenvalue weighted by Crippen LogP contribution is 2.13. The summed E-state index contributed by atoms with van der Waals surface area (Å²) in [5.41, 5.74) is 0.757. The van der Waals surface area contributed by atoms with Gasteiger partial charge in [0.15, 0.2) is 0 Å². The van der Waals surface area contributed by atoms with Gasteiger partial charge in [0.1, 0.15) is 0 Å². The molecule has 4 nitrogen and oxygen atoms in total. The molecule has 102 valence electrons. The van der Waals surface area contributed by atoms with Crippen LogP contribution in [-0.4, -0.2) is 25.2 Å². The smallest absolute Gasteiger partial charge is 0.333 e. The van der Waals surface area contributed by atoms with E-state index in [4.69, 9.17) is 9.47 Å².